The number of nitrogens with one attached hydrogen (secondary N) is 1. The summed E-state index contributed by atoms with van der Waals surface area (Å²) in [6.07, 6.45) is 0.127. The van der Waals surface area contributed by atoms with Crippen molar-refractivity contribution in [2.75, 3.05) is 6.54 Å². The first kappa shape index (κ1) is 15.3. The molecule has 5 heteroatoms. The number of alkyl halides is 2. The normalized spacial score (nSPS) is 20.9. The second-order valence-electron chi connectivity index (χ2n) is 5.36. The van der Waals surface area contributed by atoms with E-state index in [0.717, 1.165) is 0 Å². The molecule has 0 radical (unpaired) electrons. The number of halogens is 4. The quantitative estimate of drug-likeness (QED) is 0.808. The molecule has 0 aliphatic heterocycles. The Morgan fingerprint density at radius 3 is 2.25 bits per heavy atom. The third-order valence-electron chi connectivity index (χ3n) is 3.97. The van der Waals surface area contributed by atoms with Crippen molar-refractivity contribution in [2.45, 2.75) is 44.6 Å². The van der Waals surface area contributed by atoms with Crippen LogP contribution in [0.5, 0.6) is 0 Å². The summed E-state index contributed by atoms with van der Waals surface area (Å²) in [6, 6.07) is 3.18. The zero-order valence-electron chi connectivity index (χ0n) is 11.4. The highest BCUT2D eigenvalue weighted by molar-refractivity contribution is 5.24. The Hall–Kier alpha value is -1.10. The molecule has 1 aromatic carbocycles. The minimum absolute atomic E-state index is 0.0235. The lowest BCUT2D eigenvalue weighted by atomic mass is 9.79. The van der Waals surface area contributed by atoms with Crippen molar-refractivity contribution in [2.24, 2.45) is 5.92 Å². The fraction of sp³-hybridized carbons (Fsp3) is 0.600. The standard InChI is InChI=1S/C15H19F4N/c1-2-20-14(10-6-8-15(18,19)9-7-10)13-11(16)4-3-5-12(13)17/h3-5,10,14,20H,2,6-9H2,1H3. The molecular weight excluding hydrogens is 270 g/mol. The highest BCUT2D eigenvalue weighted by atomic mass is 19.3. The van der Waals surface area contributed by atoms with Crippen LogP contribution >= 0.6 is 0 Å². The fourth-order valence-corrected chi connectivity index (χ4v) is 2.93. The van der Waals surface area contributed by atoms with Crippen molar-refractivity contribution in [1.29, 1.82) is 0 Å². The van der Waals surface area contributed by atoms with E-state index in [9.17, 15) is 17.6 Å². The molecule has 1 aromatic rings. The Labute approximate surface area is 116 Å². The largest absolute Gasteiger partial charge is 0.310 e. The predicted molar refractivity (Wildman–Crippen MR) is 69.7 cm³/mol. The Morgan fingerprint density at radius 1 is 1.20 bits per heavy atom. The molecule has 0 aromatic heterocycles. The zero-order valence-corrected chi connectivity index (χ0v) is 11.4. The van der Waals surface area contributed by atoms with E-state index in [4.69, 9.17) is 0 Å². The summed E-state index contributed by atoms with van der Waals surface area (Å²) in [7, 11) is 0. The molecule has 0 heterocycles. The van der Waals surface area contributed by atoms with E-state index in [1.807, 2.05) is 6.92 Å². The molecule has 1 N–H and O–H groups in total. The van der Waals surface area contributed by atoms with Gasteiger partial charge in [0.25, 0.3) is 0 Å². The van der Waals surface area contributed by atoms with Crippen molar-refractivity contribution >= 4 is 0 Å². The van der Waals surface area contributed by atoms with E-state index < -0.39 is 23.6 Å². The van der Waals surface area contributed by atoms with Gasteiger partial charge in [-0.1, -0.05) is 13.0 Å². The first-order chi connectivity index (χ1) is 9.44. The van der Waals surface area contributed by atoms with Gasteiger partial charge in [-0.25, -0.2) is 17.6 Å². The van der Waals surface area contributed by atoms with Crippen LogP contribution in [0.25, 0.3) is 0 Å². The number of rotatable bonds is 4. The first-order valence-electron chi connectivity index (χ1n) is 6.99. The lowest BCUT2D eigenvalue weighted by Crippen LogP contribution is -2.35. The highest BCUT2D eigenvalue weighted by Crippen LogP contribution is 2.42. The van der Waals surface area contributed by atoms with Gasteiger partial charge in [0.1, 0.15) is 11.6 Å². The average Bonchev–Trinajstić information content (AvgIpc) is 2.38. The Morgan fingerprint density at radius 2 is 1.75 bits per heavy atom. The Bertz CT molecular complexity index is 431. The third-order valence-corrected chi connectivity index (χ3v) is 3.97. The van der Waals surface area contributed by atoms with E-state index in [1.54, 1.807) is 0 Å². The number of benzene rings is 1. The molecule has 2 rings (SSSR count). The summed E-state index contributed by atoms with van der Waals surface area (Å²) in [5.41, 5.74) is -0.0235. The van der Waals surface area contributed by atoms with E-state index in [2.05, 4.69) is 5.32 Å². The number of hydrogen-bond donors (Lipinski definition) is 1. The predicted octanol–water partition coefficient (Wildman–Crippen LogP) is 4.44. The van der Waals surface area contributed by atoms with Gasteiger partial charge in [0.15, 0.2) is 0 Å². The molecule has 1 atom stereocenters. The molecule has 1 aliphatic rings. The molecule has 0 spiro atoms. The molecule has 112 valence electrons. The van der Waals surface area contributed by atoms with Crippen LogP contribution in [0.1, 0.15) is 44.2 Å². The van der Waals surface area contributed by atoms with Gasteiger partial charge < -0.3 is 5.32 Å². The van der Waals surface area contributed by atoms with Gasteiger partial charge in [-0.3, -0.25) is 0 Å². The van der Waals surface area contributed by atoms with Gasteiger partial charge in [-0.15, -0.1) is 0 Å². The topological polar surface area (TPSA) is 12.0 Å². The van der Waals surface area contributed by atoms with E-state index in [-0.39, 0.29) is 37.2 Å². The molecule has 1 fully saturated rings. The lowest BCUT2D eigenvalue weighted by Gasteiger charge is -2.34. The smallest absolute Gasteiger partial charge is 0.248 e. The zero-order chi connectivity index (χ0) is 14.8. The minimum atomic E-state index is -2.64. The lowest BCUT2D eigenvalue weighted by molar-refractivity contribution is -0.0499. The van der Waals surface area contributed by atoms with Crippen LogP contribution in [-0.4, -0.2) is 12.5 Å². The molecular formula is C15H19F4N. The summed E-state index contributed by atoms with van der Waals surface area (Å²) in [4.78, 5) is 0. The van der Waals surface area contributed by atoms with Crippen molar-refractivity contribution in [3.8, 4) is 0 Å². The van der Waals surface area contributed by atoms with Crippen LogP contribution in [0.2, 0.25) is 0 Å². The first-order valence-corrected chi connectivity index (χ1v) is 6.99. The molecule has 20 heavy (non-hydrogen) atoms. The average molecular weight is 289 g/mol. The Balaban J connectivity index is 2.23. The van der Waals surface area contributed by atoms with Gasteiger partial charge in [0.05, 0.1) is 0 Å². The van der Waals surface area contributed by atoms with Gasteiger partial charge in [0.2, 0.25) is 5.92 Å². The van der Waals surface area contributed by atoms with Gasteiger partial charge in [0, 0.05) is 24.4 Å². The van der Waals surface area contributed by atoms with Crippen LogP contribution in [0.15, 0.2) is 18.2 Å². The summed E-state index contributed by atoms with van der Waals surface area (Å²) < 4.78 is 54.2. The van der Waals surface area contributed by atoms with Crippen LogP contribution in [0.4, 0.5) is 17.6 Å². The van der Waals surface area contributed by atoms with Crippen LogP contribution in [-0.2, 0) is 0 Å². The minimum Gasteiger partial charge on any atom is -0.310 e. The third kappa shape index (κ3) is 3.32. The SMILES string of the molecule is CCNC(c1c(F)cccc1F)C1CCC(F)(F)CC1. The monoisotopic (exact) mass is 289 g/mol. The molecule has 1 saturated carbocycles. The summed E-state index contributed by atoms with van der Waals surface area (Å²) >= 11 is 0. The summed E-state index contributed by atoms with van der Waals surface area (Å²) in [5.74, 6) is -4.04. The summed E-state index contributed by atoms with van der Waals surface area (Å²) in [5, 5.41) is 3.05. The maximum atomic E-state index is 13.9. The fourth-order valence-electron chi connectivity index (χ4n) is 2.93. The van der Waals surface area contributed by atoms with E-state index in [0.29, 0.717) is 6.54 Å². The second-order valence-corrected chi connectivity index (χ2v) is 5.36. The maximum absolute atomic E-state index is 13.9. The second kappa shape index (κ2) is 6.12. The van der Waals surface area contributed by atoms with Crippen molar-refractivity contribution in [1.82, 2.24) is 5.32 Å². The van der Waals surface area contributed by atoms with Gasteiger partial charge in [-0.2, -0.15) is 0 Å². The van der Waals surface area contributed by atoms with E-state index >= 15 is 0 Å². The molecule has 0 amide bonds. The van der Waals surface area contributed by atoms with Crippen LogP contribution in [0, 0.1) is 17.6 Å². The highest BCUT2D eigenvalue weighted by Gasteiger charge is 2.39. The van der Waals surface area contributed by atoms with Crippen LogP contribution in [0.3, 0.4) is 0 Å². The van der Waals surface area contributed by atoms with Crippen molar-refractivity contribution in [3.05, 3.63) is 35.4 Å². The van der Waals surface area contributed by atoms with E-state index in [1.165, 1.54) is 18.2 Å². The van der Waals surface area contributed by atoms with Crippen LogP contribution < -0.4 is 5.32 Å². The Kier molecular flexibility index (Phi) is 4.68. The number of hydrogen-bond acceptors (Lipinski definition) is 1. The molecule has 1 nitrogen and oxygen atoms in total. The molecule has 0 saturated heterocycles. The van der Waals surface area contributed by atoms with Gasteiger partial charge >= 0.3 is 0 Å². The van der Waals surface area contributed by atoms with Gasteiger partial charge in [-0.05, 0) is 37.4 Å². The molecule has 1 unspecified atom stereocenters. The summed E-state index contributed by atoms with van der Waals surface area (Å²) in [6.45, 7) is 2.37. The van der Waals surface area contributed by atoms with Crippen molar-refractivity contribution in [3.63, 3.8) is 0 Å². The molecule has 0 bridgehead atoms. The maximum Gasteiger partial charge on any atom is 0.248 e. The van der Waals surface area contributed by atoms with Crippen molar-refractivity contribution < 1.29 is 17.6 Å². The molecule has 1 aliphatic carbocycles.